The van der Waals surface area contributed by atoms with E-state index < -0.39 is 0 Å². The van der Waals surface area contributed by atoms with Gasteiger partial charge in [-0.3, -0.25) is 0 Å². The summed E-state index contributed by atoms with van der Waals surface area (Å²) < 4.78 is 34.2. The molecule has 0 heterocycles. The quantitative estimate of drug-likeness (QED) is 0.653. The molecule has 128 valence electrons. The number of aliphatic hydroxyl groups is 1. The molecule has 3 aromatic rings. The van der Waals surface area contributed by atoms with Gasteiger partial charge in [-0.05, 0) is 28.8 Å². The molecule has 3 rings (SSSR count). The Morgan fingerprint density at radius 1 is 0.720 bits per heavy atom. The Bertz CT molecular complexity index is 862. The zero-order valence-corrected chi connectivity index (χ0v) is 13.6. The molecular formula is C21H18F2O2. The van der Waals surface area contributed by atoms with Crippen molar-refractivity contribution in [2.75, 3.05) is 13.2 Å². The molecule has 0 radical (unpaired) electrons. The van der Waals surface area contributed by atoms with Gasteiger partial charge < -0.3 is 9.84 Å². The van der Waals surface area contributed by atoms with E-state index in [4.69, 9.17) is 9.84 Å². The van der Waals surface area contributed by atoms with Crippen LogP contribution in [0, 0.1) is 11.6 Å². The summed E-state index contributed by atoms with van der Waals surface area (Å²) >= 11 is 0. The van der Waals surface area contributed by atoms with Gasteiger partial charge in [-0.15, -0.1) is 0 Å². The second kappa shape index (κ2) is 8.01. The van der Waals surface area contributed by atoms with Crippen LogP contribution >= 0.6 is 0 Å². The molecule has 25 heavy (non-hydrogen) atoms. The first-order valence-electron chi connectivity index (χ1n) is 8.02. The first-order chi connectivity index (χ1) is 12.2. The molecule has 0 saturated heterocycles. The monoisotopic (exact) mass is 340 g/mol. The van der Waals surface area contributed by atoms with Crippen LogP contribution in [0.4, 0.5) is 8.78 Å². The molecule has 0 fully saturated rings. The predicted molar refractivity (Wildman–Crippen MR) is 94.0 cm³/mol. The van der Waals surface area contributed by atoms with Crippen LogP contribution in [-0.2, 0) is 11.3 Å². The van der Waals surface area contributed by atoms with Crippen molar-refractivity contribution in [3.8, 4) is 22.3 Å². The van der Waals surface area contributed by atoms with Crippen LogP contribution in [0.15, 0.2) is 66.7 Å². The van der Waals surface area contributed by atoms with Crippen LogP contribution in [-0.4, -0.2) is 18.3 Å². The van der Waals surface area contributed by atoms with Gasteiger partial charge in [-0.1, -0.05) is 54.6 Å². The Balaban J connectivity index is 2.20. The summed E-state index contributed by atoms with van der Waals surface area (Å²) in [4.78, 5) is 0. The maximum atomic E-state index is 14.5. The van der Waals surface area contributed by atoms with Crippen LogP contribution in [0.25, 0.3) is 22.3 Å². The van der Waals surface area contributed by atoms with Gasteiger partial charge >= 0.3 is 0 Å². The zero-order chi connectivity index (χ0) is 17.6. The normalized spacial score (nSPS) is 10.8. The summed E-state index contributed by atoms with van der Waals surface area (Å²) in [7, 11) is 0. The fourth-order valence-electron chi connectivity index (χ4n) is 2.85. The molecule has 0 unspecified atom stereocenters. The smallest absolute Gasteiger partial charge is 0.131 e. The first kappa shape index (κ1) is 17.3. The van der Waals surface area contributed by atoms with Crippen LogP contribution in [0.1, 0.15) is 5.56 Å². The van der Waals surface area contributed by atoms with Crippen LogP contribution in [0.3, 0.4) is 0 Å². The van der Waals surface area contributed by atoms with Crippen molar-refractivity contribution in [3.05, 3.63) is 83.9 Å². The van der Waals surface area contributed by atoms with Gasteiger partial charge in [0.1, 0.15) is 11.6 Å². The number of halogens is 2. The lowest BCUT2D eigenvalue weighted by Gasteiger charge is -2.17. The summed E-state index contributed by atoms with van der Waals surface area (Å²) in [5, 5.41) is 8.91. The molecule has 0 atom stereocenters. The molecule has 3 aromatic carbocycles. The van der Waals surface area contributed by atoms with Gasteiger partial charge in [0.2, 0.25) is 0 Å². The SMILES string of the molecule is OCCOCc1cccc(-c2ccccc2F)c1-c1ccccc1F. The minimum atomic E-state index is -0.380. The van der Waals surface area contributed by atoms with Gasteiger partial charge in [-0.2, -0.15) is 0 Å². The van der Waals surface area contributed by atoms with E-state index in [1.165, 1.54) is 12.1 Å². The first-order valence-corrected chi connectivity index (χ1v) is 8.02. The molecule has 0 saturated carbocycles. The van der Waals surface area contributed by atoms with Crippen molar-refractivity contribution in [3.63, 3.8) is 0 Å². The Morgan fingerprint density at radius 3 is 1.96 bits per heavy atom. The number of rotatable bonds is 6. The highest BCUT2D eigenvalue weighted by Crippen LogP contribution is 2.37. The van der Waals surface area contributed by atoms with Gasteiger partial charge in [0.15, 0.2) is 0 Å². The van der Waals surface area contributed by atoms with Crippen molar-refractivity contribution in [1.82, 2.24) is 0 Å². The average molecular weight is 340 g/mol. The Labute approximate surface area is 145 Å². The molecule has 0 spiro atoms. The van der Waals surface area contributed by atoms with E-state index in [0.29, 0.717) is 22.3 Å². The maximum Gasteiger partial charge on any atom is 0.131 e. The van der Waals surface area contributed by atoms with Crippen LogP contribution in [0.5, 0.6) is 0 Å². The van der Waals surface area contributed by atoms with Crippen molar-refractivity contribution in [2.45, 2.75) is 6.61 Å². The number of hydrogen-bond acceptors (Lipinski definition) is 2. The number of aliphatic hydroxyl groups excluding tert-OH is 1. The summed E-state index contributed by atoms with van der Waals surface area (Å²) in [6, 6.07) is 18.2. The summed E-state index contributed by atoms with van der Waals surface area (Å²) in [6.45, 7) is 0.287. The molecule has 2 nitrogen and oxygen atoms in total. The Kier molecular flexibility index (Phi) is 5.53. The highest BCUT2D eigenvalue weighted by molar-refractivity contribution is 5.86. The van der Waals surface area contributed by atoms with Crippen molar-refractivity contribution in [1.29, 1.82) is 0 Å². The lowest BCUT2D eigenvalue weighted by atomic mass is 9.90. The van der Waals surface area contributed by atoms with Gasteiger partial charge in [0.25, 0.3) is 0 Å². The third-order valence-electron chi connectivity index (χ3n) is 3.95. The van der Waals surface area contributed by atoms with Crippen LogP contribution < -0.4 is 0 Å². The standard InChI is InChI=1S/C21H18F2O2/c22-19-10-3-1-7-16(19)17-9-5-6-15(14-25-13-12-24)21(17)18-8-2-4-11-20(18)23/h1-11,24H,12-14H2. The summed E-state index contributed by atoms with van der Waals surface area (Å²) in [5.41, 5.74) is 2.74. The van der Waals surface area contributed by atoms with E-state index in [1.807, 2.05) is 6.07 Å². The largest absolute Gasteiger partial charge is 0.394 e. The second-order valence-electron chi connectivity index (χ2n) is 5.58. The van der Waals surface area contributed by atoms with Crippen molar-refractivity contribution < 1.29 is 18.6 Å². The molecule has 1 N–H and O–H groups in total. The minimum absolute atomic E-state index is 0.0952. The number of hydrogen-bond donors (Lipinski definition) is 1. The summed E-state index contributed by atoms with van der Waals surface area (Å²) in [6.07, 6.45) is 0. The van der Waals surface area contributed by atoms with E-state index in [0.717, 1.165) is 5.56 Å². The van der Waals surface area contributed by atoms with Gasteiger partial charge in [-0.25, -0.2) is 8.78 Å². The molecule has 0 aliphatic carbocycles. The zero-order valence-electron chi connectivity index (χ0n) is 13.6. The van der Waals surface area contributed by atoms with Crippen molar-refractivity contribution >= 4 is 0 Å². The highest BCUT2D eigenvalue weighted by Gasteiger charge is 2.17. The van der Waals surface area contributed by atoms with Crippen LogP contribution in [0.2, 0.25) is 0 Å². The Hall–Kier alpha value is -2.56. The molecule has 4 heteroatoms. The second-order valence-corrected chi connectivity index (χ2v) is 5.58. The maximum absolute atomic E-state index is 14.5. The van der Waals surface area contributed by atoms with E-state index in [2.05, 4.69) is 0 Å². The molecule has 0 amide bonds. The van der Waals surface area contributed by atoms with E-state index in [-0.39, 0.29) is 31.5 Å². The van der Waals surface area contributed by atoms with E-state index in [9.17, 15) is 8.78 Å². The Morgan fingerprint density at radius 2 is 1.32 bits per heavy atom. The van der Waals surface area contributed by atoms with Crippen molar-refractivity contribution in [2.24, 2.45) is 0 Å². The lowest BCUT2D eigenvalue weighted by molar-refractivity contribution is 0.0818. The number of ether oxygens (including phenoxy) is 1. The van der Waals surface area contributed by atoms with E-state index in [1.54, 1.807) is 48.5 Å². The predicted octanol–water partition coefficient (Wildman–Crippen LogP) is 4.81. The average Bonchev–Trinajstić information content (AvgIpc) is 2.63. The summed E-state index contributed by atoms with van der Waals surface area (Å²) in [5.74, 6) is -0.747. The van der Waals surface area contributed by atoms with Gasteiger partial charge in [0, 0.05) is 11.1 Å². The highest BCUT2D eigenvalue weighted by atomic mass is 19.1. The number of benzene rings is 3. The fourth-order valence-corrected chi connectivity index (χ4v) is 2.85. The third kappa shape index (κ3) is 3.76. The van der Waals surface area contributed by atoms with E-state index >= 15 is 0 Å². The van der Waals surface area contributed by atoms with Gasteiger partial charge in [0.05, 0.1) is 19.8 Å². The topological polar surface area (TPSA) is 29.5 Å². The molecule has 0 aromatic heterocycles. The fraction of sp³-hybridized carbons (Fsp3) is 0.143. The molecular weight excluding hydrogens is 322 g/mol. The minimum Gasteiger partial charge on any atom is -0.394 e. The lowest BCUT2D eigenvalue weighted by Crippen LogP contribution is -2.02. The molecule has 0 aliphatic rings. The molecule has 0 bridgehead atoms. The third-order valence-corrected chi connectivity index (χ3v) is 3.95. The molecule has 0 aliphatic heterocycles.